The molecule has 1 unspecified atom stereocenters. The molecule has 4 heteroatoms. The van der Waals surface area contributed by atoms with Gasteiger partial charge in [0, 0.05) is 25.9 Å². The van der Waals surface area contributed by atoms with E-state index in [1.807, 2.05) is 37.4 Å². The van der Waals surface area contributed by atoms with E-state index >= 15 is 0 Å². The smallest absolute Gasteiger partial charge is 0.114 e. The van der Waals surface area contributed by atoms with Crippen LogP contribution < -0.4 is 5.73 Å². The highest BCUT2D eigenvalue weighted by molar-refractivity contribution is 5.75. The first-order valence-corrected chi connectivity index (χ1v) is 6.43. The van der Waals surface area contributed by atoms with Gasteiger partial charge in [-0.25, -0.2) is 4.98 Å². The summed E-state index contributed by atoms with van der Waals surface area (Å²) in [4.78, 5) is 4.71. The molecule has 3 aromatic rings. The third kappa shape index (κ3) is 2.15. The summed E-state index contributed by atoms with van der Waals surface area (Å²) in [6.07, 6.45) is 2.47. The molecule has 2 aromatic heterocycles. The van der Waals surface area contributed by atoms with Crippen molar-refractivity contribution in [1.29, 1.82) is 0 Å². The third-order valence-corrected chi connectivity index (χ3v) is 3.50. The van der Waals surface area contributed by atoms with Crippen LogP contribution in [0.4, 0.5) is 0 Å². The number of fused-ring (bicyclic) bond motifs is 1. The van der Waals surface area contributed by atoms with Crippen molar-refractivity contribution in [2.45, 2.75) is 12.3 Å². The Morgan fingerprint density at radius 1 is 1.26 bits per heavy atom. The minimum absolute atomic E-state index is 0.170. The summed E-state index contributed by atoms with van der Waals surface area (Å²) in [5.41, 5.74) is 8.06. The molecule has 0 radical (unpaired) electrons. The van der Waals surface area contributed by atoms with Crippen molar-refractivity contribution < 1.29 is 4.42 Å². The number of aryl methyl sites for hydroxylation is 1. The number of rotatable bonds is 4. The summed E-state index contributed by atoms with van der Waals surface area (Å²) in [6, 6.07) is 12.0. The Kier molecular flexibility index (Phi) is 3.09. The van der Waals surface area contributed by atoms with Gasteiger partial charge in [-0.05, 0) is 24.3 Å². The van der Waals surface area contributed by atoms with Gasteiger partial charge in [0.15, 0.2) is 0 Å². The molecule has 98 valence electrons. The second kappa shape index (κ2) is 4.90. The molecule has 0 aliphatic carbocycles. The molecular weight excluding hydrogens is 238 g/mol. The fraction of sp³-hybridized carbons (Fsp3) is 0.267. The normalized spacial score (nSPS) is 12.9. The van der Waals surface area contributed by atoms with E-state index in [2.05, 4.69) is 10.6 Å². The van der Waals surface area contributed by atoms with Crippen molar-refractivity contribution in [3.63, 3.8) is 0 Å². The summed E-state index contributed by atoms with van der Waals surface area (Å²) in [7, 11) is 2.04. The van der Waals surface area contributed by atoms with Crippen molar-refractivity contribution in [2.24, 2.45) is 12.8 Å². The minimum Gasteiger partial charge on any atom is -0.469 e. The van der Waals surface area contributed by atoms with Crippen LogP contribution in [0.2, 0.25) is 0 Å². The zero-order chi connectivity index (χ0) is 13.2. The van der Waals surface area contributed by atoms with Crippen LogP contribution in [-0.4, -0.2) is 16.1 Å². The fourth-order valence-corrected chi connectivity index (χ4v) is 2.48. The SMILES string of the molecule is Cn1c(C(CN)Cc2ccco2)nc2ccccc21. The van der Waals surface area contributed by atoms with Crippen molar-refractivity contribution in [3.05, 3.63) is 54.2 Å². The maximum atomic E-state index is 5.92. The molecule has 0 saturated carbocycles. The predicted molar refractivity (Wildman–Crippen MR) is 74.9 cm³/mol. The monoisotopic (exact) mass is 255 g/mol. The number of hydrogen-bond donors (Lipinski definition) is 1. The average molecular weight is 255 g/mol. The highest BCUT2D eigenvalue weighted by Crippen LogP contribution is 2.23. The number of benzene rings is 1. The van der Waals surface area contributed by atoms with Gasteiger partial charge in [0.1, 0.15) is 11.6 Å². The van der Waals surface area contributed by atoms with Crippen LogP contribution in [0.25, 0.3) is 11.0 Å². The fourth-order valence-electron chi connectivity index (χ4n) is 2.48. The number of nitrogens with zero attached hydrogens (tertiary/aromatic N) is 2. The van der Waals surface area contributed by atoms with Gasteiger partial charge in [-0.2, -0.15) is 0 Å². The highest BCUT2D eigenvalue weighted by Gasteiger charge is 2.18. The Morgan fingerprint density at radius 2 is 2.11 bits per heavy atom. The van der Waals surface area contributed by atoms with E-state index in [0.29, 0.717) is 6.54 Å². The zero-order valence-corrected chi connectivity index (χ0v) is 10.9. The van der Waals surface area contributed by atoms with Crippen LogP contribution in [0, 0.1) is 0 Å². The Bertz CT molecular complexity index is 670. The molecule has 0 aliphatic heterocycles. The maximum absolute atomic E-state index is 5.92. The van der Waals surface area contributed by atoms with Crippen LogP contribution in [0.3, 0.4) is 0 Å². The third-order valence-electron chi connectivity index (χ3n) is 3.50. The number of hydrogen-bond acceptors (Lipinski definition) is 3. The van der Waals surface area contributed by atoms with Gasteiger partial charge in [-0.15, -0.1) is 0 Å². The first-order chi connectivity index (χ1) is 9.29. The molecule has 2 heterocycles. The second-order valence-corrected chi connectivity index (χ2v) is 4.73. The summed E-state index contributed by atoms with van der Waals surface area (Å²) < 4.78 is 7.53. The van der Waals surface area contributed by atoms with E-state index < -0.39 is 0 Å². The molecule has 1 aromatic carbocycles. The minimum atomic E-state index is 0.170. The molecule has 3 rings (SSSR count). The quantitative estimate of drug-likeness (QED) is 0.779. The van der Waals surface area contributed by atoms with E-state index in [9.17, 15) is 0 Å². The van der Waals surface area contributed by atoms with Crippen LogP contribution >= 0.6 is 0 Å². The van der Waals surface area contributed by atoms with E-state index in [0.717, 1.165) is 29.0 Å². The maximum Gasteiger partial charge on any atom is 0.114 e. The Morgan fingerprint density at radius 3 is 2.79 bits per heavy atom. The first-order valence-electron chi connectivity index (χ1n) is 6.43. The van der Waals surface area contributed by atoms with Crippen LogP contribution in [0.15, 0.2) is 47.1 Å². The molecule has 2 N–H and O–H groups in total. The lowest BCUT2D eigenvalue weighted by atomic mass is 10.0. The van der Waals surface area contributed by atoms with Gasteiger partial charge < -0.3 is 14.7 Å². The number of nitrogens with two attached hydrogens (primary N) is 1. The molecular formula is C15H17N3O. The Hall–Kier alpha value is -2.07. The van der Waals surface area contributed by atoms with Gasteiger partial charge in [-0.3, -0.25) is 0 Å². The second-order valence-electron chi connectivity index (χ2n) is 4.73. The molecule has 1 atom stereocenters. The van der Waals surface area contributed by atoms with Gasteiger partial charge in [0.05, 0.1) is 17.3 Å². The molecule has 0 spiro atoms. The van der Waals surface area contributed by atoms with Crippen molar-refractivity contribution in [2.75, 3.05) is 6.54 Å². The molecule has 0 amide bonds. The largest absolute Gasteiger partial charge is 0.469 e. The zero-order valence-electron chi connectivity index (χ0n) is 10.9. The Balaban J connectivity index is 1.99. The Labute approximate surface area is 111 Å². The summed E-state index contributed by atoms with van der Waals surface area (Å²) >= 11 is 0. The van der Waals surface area contributed by atoms with Gasteiger partial charge in [-0.1, -0.05) is 12.1 Å². The lowest BCUT2D eigenvalue weighted by Gasteiger charge is -2.13. The average Bonchev–Trinajstić information content (AvgIpc) is 3.05. The van der Waals surface area contributed by atoms with Crippen LogP contribution in [0.5, 0.6) is 0 Å². The molecule has 0 aliphatic rings. The number of furan rings is 1. The molecule has 4 nitrogen and oxygen atoms in total. The summed E-state index contributed by atoms with van der Waals surface area (Å²) in [5, 5.41) is 0. The van der Waals surface area contributed by atoms with Crippen molar-refractivity contribution >= 4 is 11.0 Å². The van der Waals surface area contributed by atoms with E-state index in [4.69, 9.17) is 15.1 Å². The van der Waals surface area contributed by atoms with Crippen LogP contribution in [-0.2, 0) is 13.5 Å². The molecule has 0 saturated heterocycles. The first kappa shape index (κ1) is 12.0. The van der Waals surface area contributed by atoms with E-state index in [-0.39, 0.29) is 5.92 Å². The molecule has 19 heavy (non-hydrogen) atoms. The van der Waals surface area contributed by atoms with Gasteiger partial charge >= 0.3 is 0 Å². The molecule has 0 bridgehead atoms. The predicted octanol–water partition coefficient (Wildman–Crippen LogP) is 2.45. The number of imidazole rings is 1. The van der Waals surface area contributed by atoms with E-state index in [1.165, 1.54) is 0 Å². The molecule has 0 fully saturated rings. The van der Waals surface area contributed by atoms with Crippen molar-refractivity contribution in [1.82, 2.24) is 9.55 Å². The topological polar surface area (TPSA) is 57.0 Å². The van der Waals surface area contributed by atoms with Gasteiger partial charge in [0.2, 0.25) is 0 Å². The van der Waals surface area contributed by atoms with Crippen LogP contribution in [0.1, 0.15) is 17.5 Å². The van der Waals surface area contributed by atoms with Gasteiger partial charge in [0.25, 0.3) is 0 Å². The lowest BCUT2D eigenvalue weighted by Crippen LogP contribution is -2.18. The number of aromatic nitrogens is 2. The van der Waals surface area contributed by atoms with E-state index in [1.54, 1.807) is 6.26 Å². The summed E-state index contributed by atoms with van der Waals surface area (Å²) in [5.74, 6) is 2.13. The standard InChI is InChI=1S/C15H17N3O/c1-18-14-7-3-2-6-13(14)17-15(18)11(10-16)9-12-5-4-8-19-12/h2-8,11H,9-10,16H2,1H3. The number of para-hydroxylation sites is 2. The van der Waals surface area contributed by atoms with Crippen molar-refractivity contribution in [3.8, 4) is 0 Å². The lowest BCUT2D eigenvalue weighted by molar-refractivity contribution is 0.477. The summed E-state index contributed by atoms with van der Waals surface area (Å²) in [6.45, 7) is 0.553. The highest BCUT2D eigenvalue weighted by atomic mass is 16.3.